The largest absolute Gasteiger partial charge is 0.393 e. The minimum atomic E-state index is -4.51. The lowest BCUT2D eigenvalue weighted by Gasteiger charge is -2.45. The molecule has 99 heavy (non-hydrogen) atoms. The predicted molar refractivity (Wildman–Crippen MR) is 367 cm³/mol. The maximum absolute atomic E-state index is 15.4. The summed E-state index contributed by atoms with van der Waals surface area (Å²) in [6.45, 7) is 14.2. The quantitative estimate of drug-likeness (QED) is 0.196. The van der Waals surface area contributed by atoms with Gasteiger partial charge in [-0.1, -0.05) is 99.8 Å². The molecule has 3 unspecified atom stereocenters. The van der Waals surface area contributed by atoms with E-state index < -0.39 is 173 Å². The van der Waals surface area contributed by atoms with Crippen molar-refractivity contribution in [3.05, 3.63) is 0 Å². The van der Waals surface area contributed by atoms with Gasteiger partial charge in [-0.15, -0.1) is 11.6 Å². The molecule has 3 aliphatic carbocycles. The van der Waals surface area contributed by atoms with Crippen LogP contribution in [0.15, 0.2) is 0 Å². The third-order valence-corrected chi connectivity index (χ3v) is 23.5. The van der Waals surface area contributed by atoms with Crippen LogP contribution in [0.4, 0.5) is 13.2 Å². The molecular weight excluding hydrogens is 1310 g/mol. The molecule has 6 fully saturated rings. The monoisotopic (exact) mass is 1420 g/mol. The van der Waals surface area contributed by atoms with Crippen LogP contribution in [0.1, 0.15) is 190 Å². The van der Waals surface area contributed by atoms with Crippen molar-refractivity contribution in [3.8, 4) is 0 Å². The summed E-state index contributed by atoms with van der Waals surface area (Å²) in [6, 6.07) is -10.9. The van der Waals surface area contributed by atoms with E-state index in [1.54, 1.807) is 13.8 Å². The Balaban J connectivity index is 1.42. The van der Waals surface area contributed by atoms with E-state index in [4.69, 9.17) is 11.6 Å². The Morgan fingerprint density at radius 2 is 1.23 bits per heavy atom. The van der Waals surface area contributed by atoms with Gasteiger partial charge in [0.25, 0.3) is 0 Å². The SMILES string of the molecule is CC[C@H](C)[C@@H]1NC(=O)[C@H](CC(C)C)N(C)C(=O)C[C@@H](C(=O)N(C)C)N(C)C(=O)[C@H]([C@@H](C)CC)N(C)C(=O)C2(CCCC2)NC(=O)[C@@H]2CCCN2C(=O)[C@H](CCC2CCC(C(F)(F)F)C(Cl)C2)NC(=O)CN(C)C(=O)[C@H](CC2CCC(C)CC2)N(C)C(=O)[C@@H]2CCN2C(=O)[C@H](C)N(C)C1=O. The number of nitrogens with zero attached hydrogens (tertiary/aromatic N) is 9. The van der Waals surface area contributed by atoms with Gasteiger partial charge >= 0.3 is 6.18 Å². The van der Waals surface area contributed by atoms with E-state index in [-0.39, 0.29) is 101 Å². The van der Waals surface area contributed by atoms with E-state index in [1.807, 2.05) is 27.7 Å². The van der Waals surface area contributed by atoms with Crippen LogP contribution in [0.25, 0.3) is 0 Å². The summed E-state index contributed by atoms with van der Waals surface area (Å²) in [5.74, 6) is -10.5. The van der Waals surface area contributed by atoms with E-state index in [9.17, 15) is 46.7 Å². The van der Waals surface area contributed by atoms with Gasteiger partial charge in [-0.3, -0.25) is 57.5 Å². The van der Waals surface area contributed by atoms with Gasteiger partial charge in [0, 0.05) is 74.8 Å². The molecule has 3 N–H and O–H groups in total. The number of hydrogen-bond donors (Lipinski definition) is 3. The smallest absolute Gasteiger partial charge is 0.347 e. The first kappa shape index (κ1) is 81.7. The zero-order chi connectivity index (χ0) is 74.0. The lowest BCUT2D eigenvalue weighted by atomic mass is 9.78. The van der Waals surface area contributed by atoms with E-state index in [2.05, 4.69) is 22.9 Å². The van der Waals surface area contributed by atoms with Gasteiger partial charge in [0.05, 0.1) is 18.9 Å². The van der Waals surface area contributed by atoms with Gasteiger partial charge in [0.1, 0.15) is 59.9 Å². The van der Waals surface area contributed by atoms with Crippen molar-refractivity contribution in [1.29, 1.82) is 0 Å². The van der Waals surface area contributed by atoms with Crippen LogP contribution < -0.4 is 16.0 Å². The van der Waals surface area contributed by atoms with Gasteiger partial charge in [-0.05, 0) is 119 Å². The Labute approximate surface area is 589 Å². The van der Waals surface area contributed by atoms with Crippen LogP contribution >= 0.6 is 11.6 Å². The summed E-state index contributed by atoms with van der Waals surface area (Å²) in [4.78, 5) is 190. The Morgan fingerprint density at radius 3 is 1.79 bits per heavy atom. The van der Waals surface area contributed by atoms with Gasteiger partial charge in [-0.25, -0.2) is 0 Å². The molecular formula is C71H116ClF3N12O12. The van der Waals surface area contributed by atoms with Crippen molar-refractivity contribution >= 4 is 82.5 Å². The highest BCUT2D eigenvalue weighted by molar-refractivity contribution is 6.21. The Kier molecular flexibility index (Phi) is 28.9. The van der Waals surface area contributed by atoms with Gasteiger partial charge < -0.3 is 60.0 Å². The van der Waals surface area contributed by atoms with Crippen LogP contribution in [-0.4, -0.2) is 262 Å². The van der Waals surface area contributed by atoms with E-state index in [1.165, 1.54) is 103 Å². The molecule has 0 radical (unpaired) electrons. The molecule has 560 valence electrons. The van der Waals surface area contributed by atoms with Crippen LogP contribution in [0, 0.1) is 41.4 Å². The van der Waals surface area contributed by atoms with Gasteiger partial charge in [0.2, 0.25) is 70.9 Å². The van der Waals surface area contributed by atoms with Crippen molar-refractivity contribution < 1.29 is 70.7 Å². The standard InChI is InChI=1S/C71H116ClF3N12O12/c1-17-43(6)58-67(97)81(12)45(8)62(92)87-35-31-52(87)66(96)83(14)54(38-47-25-23-42(5)24-26-47)65(95)80(11)40-56(88)76-50(30-28-46-27-29-48(49(72)37-46)71(73,74)75)63(93)86-34-21-22-51(86)61(91)78-70(32-19-20-33-70)69(99)85(16)59(44(7)18-2)68(98)84(15)55(64(94)79(9)10)39-57(89)82(13)53(36-41(3)4)60(90)77-58/h41-55,58-59H,17-40H2,1-16H3,(H,76,88)(H,77,90)(H,78,91)/t42?,43-,44-,45-,46?,47?,48?,49?,50-,51-,52-,53-,54-,55-,58-,59-/m0/s1. The molecule has 0 aromatic heterocycles. The van der Waals surface area contributed by atoms with Crippen LogP contribution in [0.2, 0.25) is 0 Å². The molecule has 0 bridgehead atoms. The molecule has 3 saturated heterocycles. The number of hydrogen-bond acceptors (Lipinski definition) is 12. The zero-order valence-corrected chi connectivity index (χ0v) is 62.5. The normalized spacial score (nSPS) is 31.8. The van der Waals surface area contributed by atoms with Crippen LogP contribution in [0.5, 0.6) is 0 Å². The molecule has 24 nitrogen and oxygen atoms in total. The molecule has 6 rings (SSSR count). The van der Waals surface area contributed by atoms with E-state index in [0.717, 1.165) is 30.6 Å². The van der Waals surface area contributed by atoms with Gasteiger partial charge in [0.15, 0.2) is 0 Å². The first-order valence-corrected chi connectivity index (χ1v) is 36.8. The zero-order valence-electron chi connectivity index (χ0n) is 61.7. The Hall–Kier alpha value is -6.28. The maximum atomic E-state index is 15.4. The van der Waals surface area contributed by atoms with Crippen molar-refractivity contribution in [2.45, 2.75) is 262 Å². The molecule has 14 atom stereocenters. The molecule has 28 heteroatoms. The highest BCUT2D eigenvalue weighted by Gasteiger charge is 2.52. The summed E-state index contributed by atoms with van der Waals surface area (Å²) >= 11 is 6.40. The molecule has 3 heterocycles. The van der Waals surface area contributed by atoms with Crippen LogP contribution in [0.3, 0.4) is 0 Å². The Bertz CT molecular complexity index is 2910. The summed E-state index contributed by atoms with van der Waals surface area (Å²) in [5, 5.41) is 7.58. The minimum Gasteiger partial charge on any atom is -0.347 e. The molecule has 3 saturated carbocycles. The first-order valence-electron chi connectivity index (χ1n) is 36.3. The molecule has 12 amide bonds. The summed E-state index contributed by atoms with van der Waals surface area (Å²) in [5.41, 5.74) is -1.57. The maximum Gasteiger partial charge on any atom is 0.393 e. The highest BCUT2D eigenvalue weighted by atomic mass is 35.5. The van der Waals surface area contributed by atoms with Crippen molar-refractivity contribution in [2.24, 2.45) is 41.4 Å². The fraction of sp³-hybridized carbons (Fsp3) is 0.831. The highest BCUT2D eigenvalue weighted by Crippen LogP contribution is 2.44. The number of carbonyl (C=O) groups excluding carboxylic acids is 12. The average molecular weight is 1420 g/mol. The number of fused-ring (bicyclic) bond motifs is 2. The number of halogens is 4. The third kappa shape index (κ3) is 19.5. The van der Waals surface area contributed by atoms with Crippen molar-refractivity contribution in [1.82, 2.24) is 60.0 Å². The number of carbonyl (C=O) groups is 12. The lowest BCUT2D eigenvalue weighted by molar-refractivity contribution is -0.182. The second-order valence-electron chi connectivity index (χ2n) is 30.7. The third-order valence-electron chi connectivity index (χ3n) is 23.0. The number of amides is 12. The molecule has 0 aromatic carbocycles. The number of likely N-dealkylation sites (N-methyl/N-ethyl adjacent to an activating group) is 7. The van der Waals surface area contributed by atoms with E-state index in [0.29, 0.717) is 38.0 Å². The average Bonchev–Trinajstić information content (AvgIpc) is 1.35. The number of nitrogens with one attached hydrogen (secondary N) is 3. The molecule has 6 aliphatic rings. The fourth-order valence-electron chi connectivity index (χ4n) is 15.7. The van der Waals surface area contributed by atoms with Crippen molar-refractivity contribution in [2.75, 3.05) is 76.0 Å². The summed E-state index contributed by atoms with van der Waals surface area (Å²) in [6.07, 6.45) is 1.52. The minimum absolute atomic E-state index is 0.00231. The second-order valence-corrected chi connectivity index (χ2v) is 31.2. The second kappa shape index (κ2) is 35.1. The fourth-order valence-corrected chi connectivity index (χ4v) is 16.2. The van der Waals surface area contributed by atoms with Crippen LogP contribution in [-0.2, 0) is 57.5 Å². The van der Waals surface area contributed by atoms with E-state index >= 15 is 24.0 Å². The first-order chi connectivity index (χ1) is 46.3. The summed E-state index contributed by atoms with van der Waals surface area (Å²) in [7, 11) is 11.5. The van der Waals surface area contributed by atoms with Crippen molar-refractivity contribution in [3.63, 3.8) is 0 Å². The topological polar surface area (TPSA) is 270 Å². The summed E-state index contributed by atoms with van der Waals surface area (Å²) < 4.78 is 42.0. The molecule has 3 aliphatic heterocycles. The number of alkyl halides is 4. The predicted octanol–water partition coefficient (Wildman–Crippen LogP) is 5.80. The number of rotatable bonds is 12. The Morgan fingerprint density at radius 1 is 0.626 bits per heavy atom. The molecule has 1 spiro atoms. The van der Waals surface area contributed by atoms with Gasteiger partial charge in [-0.2, -0.15) is 13.2 Å². The lowest BCUT2D eigenvalue weighted by Crippen LogP contribution is -2.65. The molecule has 0 aromatic rings.